The number of aliphatic hydroxyl groups is 5. The van der Waals surface area contributed by atoms with E-state index in [1.54, 1.807) is 0 Å². The topological polar surface area (TPSA) is 210 Å². The fraction of sp³-hybridized carbons (Fsp3) is 0.750. The first-order chi connectivity index (χ1) is 25.9. The van der Waals surface area contributed by atoms with Gasteiger partial charge in [0.1, 0.15) is 43.2 Å². The third kappa shape index (κ3) is 23.7. The van der Waals surface area contributed by atoms with E-state index in [4.69, 9.17) is 18.5 Å². The van der Waals surface area contributed by atoms with Crippen LogP contribution < -0.4 is 0 Å². The van der Waals surface area contributed by atoms with Crippen molar-refractivity contribution in [2.75, 3.05) is 13.2 Å². The molecule has 0 heterocycles. The third-order valence-corrected chi connectivity index (χ3v) is 9.92. The van der Waals surface area contributed by atoms with Crippen molar-refractivity contribution >= 4 is 19.8 Å². The van der Waals surface area contributed by atoms with E-state index in [0.717, 1.165) is 96.3 Å². The van der Waals surface area contributed by atoms with E-state index in [-0.39, 0.29) is 12.8 Å². The monoisotopic (exact) mass is 788 g/mol. The first kappa shape index (κ1) is 49.8. The summed E-state index contributed by atoms with van der Waals surface area (Å²) in [6.07, 6.45) is 20.8. The Bertz CT molecular complexity index is 1140. The number of phosphoric ester groups is 1. The molecule has 14 heteroatoms. The van der Waals surface area contributed by atoms with Crippen molar-refractivity contribution < 1.29 is 63.1 Å². The van der Waals surface area contributed by atoms with Gasteiger partial charge in [-0.1, -0.05) is 120 Å². The molecule has 1 aliphatic rings. The van der Waals surface area contributed by atoms with Crippen LogP contribution in [0.4, 0.5) is 0 Å². The van der Waals surface area contributed by atoms with E-state index in [1.165, 1.54) is 0 Å². The van der Waals surface area contributed by atoms with Crippen LogP contribution in [0, 0.1) is 0 Å². The fourth-order valence-corrected chi connectivity index (χ4v) is 6.66. The van der Waals surface area contributed by atoms with Gasteiger partial charge >= 0.3 is 19.8 Å². The number of ether oxygens (including phenoxy) is 2. The number of rotatable bonds is 31. The lowest BCUT2D eigenvalue weighted by molar-refractivity contribution is -0.220. The minimum atomic E-state index is -5.11. The standard InChI is InChI=1S/C40H69O13P/c1-3-5-7-9-11-12-13-14-15-16-17-18-19-20-21-22-23-25-27-29-34(42)52-32(30-50-33(41)28-26-24-10-8-6-4-2)31-51-54(48,49)53-40-38(46)36(44)35(43)37(45)39(40)47/h5,7,11-12,14-15,17-18,32,35-40,43-47H,3-4,6,8-10,13,16,19-31H2,1-2H3,(H,48,49)/b7-5-,12-11-,15-14-,18-17-. The summed E-state index contributed by atoms with van der Waals surface area (Å²) in [5.74, 6) is -1.13. The summed E-state index contributed by atoms with van der Waals surface area (Å²) < 4.78 is 33.2. The molecule has 6 N–H and O–H groups in total. The summed E-state index contributed by atoms with van der Waals surface area (Å²) in [4.78, 5) is 35.3. The summed E-state index contributed by atoms with van der Waals surface area (Å²) in [6.45, 7) is 3.06. The number of carbonyl (C=O) groups excluding carboxylic acids is 2. The molecular formula is C40H69O13P. The smallest absolute Gasteiger partial charge is 0.462 e. The molecule has 312 valence electrons. The Morgan fingerprint density at radius 3 is 1.61 bits per heavy atom. The molecular weight excluding hydrogens is 719 g/mol. The van der Waals surface area contributed by atoms with Gasteiger partial charge in [-0.15, -0.1) is 0 Å². The second kappa shape index (κ2) is 31.0. The number of allylic oxidation sites excluding steroid dienone is 8. The van der Waals surface area contributed by atoms with Crippen molar-refractivity contribution in [2.24, 2.45) is 0 Å². The SMILES string of the molecule is CC/C=C\C/C=C\C/C=C\C/C=C\CCCCCCCCC(=O)OC(COC(=O)CCCCCCCC)COP(=O)(O)OC1C(O)C(O)C(O)C(O)C1O. The van der Waals surface area contributed by atoms with Crippen LogP contribution in [0.3, 0.4) is 0 Å². The molecule has 1 aliphatic carbocycles. The molecule has 0 bridgehead atoms. The molecule has 1 saturated carbocycles. The zero-order valence-electron chi connectivity index (χ0n) is 32.5. The Labute approximate surface area is 322 Å². The molecule has 0 aromatic heterocycles. The predicted molar refractivity (Wildman–Crippen MR) is 207 cm³/mol. The minimum Gasteiger partial charge on any atom is -0.462 e. The average molecular weight is 789 g/mol. The van der Waals surface area contributed by atoms with Crippen molar-refractivity contribution in [2.45, 2.75) is 179 Å². The van der Waals surface area contributed by atoms with E-state index in [9.17, 15) is 44.6 Å². The Balaban J connectivity index is 2.46. The van der Waals surface area contributed by atoms with Crippen molar-refractivity contribution in [1.82, 2.24) is 0 Å². The third-order valence-electron chi connectivity index (χ3n) is 8.93. The zero-order valence-corrected chi connectivity index (χ0v) is 33.4. The molecule has 0 radical (unpaired) electrons. The molecule has 6 unspecified atom stereocenters. The van der Waals surface area contributed by atoms with Crippen LogP contribution >= 0.6 is 7.82 Å². The molecule has 1 rings (SSSR count). The van der Waals surface area contributed by atoms with Gasteiger partial charge in [-0.2, -0.15) is 0 Å². The first-order valence-electron chi connectivity index (χ1n) is 19.9. The maximum Gasteiger partial charge on any atom is 0.472 e. The molecule has 0 aromatic rings. The fourth-order valence-electron chi connectivity index (χ4n) is 5.69. The maximum atomic E-state index is 12.7. The normalized spacial score (nSPS) is 23.8. The minimum absolute atomic E-state index is 0.0794. The quantitative estimate of drug-likeness (QED) is 0.0194. The highest BCUT2D eigenvalue weighted by Gasteiger charge is 2.51. The Morgan fingerprint density at radius 1 is 0.593 bits per heavy atom. The molecule has 0 saturated heterocycles. The van der Waals surface area contributed by atoms with Crippen molar-refractivity contribution in [3.05, 3.63) is 48.6 Å². The second-order valence-electron chi connectivity index (χ2n) is 13.8. The Hall–Kier alpha value is -2.19. The van der Waals surface area contributed by atoms with Crippen LogP contribution in [0.5, 0.6) is 0 Å². The van der Waals surface area contributed by atoms with Gasteiger partial charge in [-0.25, -0.2) is 4.57 Å². The molecule has 0 amide bonds. The molecule has 0 aromatic carbocycles. The number of unbranched alkanes of at least 4 members (excludes halogenated alkanes) is 11. The van der Waals surface area contributed by atoms with Crippen LogP contribution in [-0.4, -0.2) is 98.3 Å². The van der Waals surface area contributed by atoms with Crippen molar-refractivity contribution in [1.29, 1.82) is 0 Å². The molecule has 13 nitrogen and oxygen atoms in total. The molecule has 1 fully saturated rings. The van der Waals surface area contributed by atoms with Gasteiger partial charge in [-0.05, 0) is 51.4 Å². The van der Waals surface area contributed by atoms with Gasteiger partial charge < -0.3 is 39.9 Å². The lowest BCUT2D eigenvalue weighted by atomic mass is 9.85. The Morgan fingerprint density at radius 2 is 1.06 bits per heavy atom. The van der Waals surface area contributed by atoms with Crippen LogP contribution in [0.1, 0.15) is 136 Å². The van der Waals surface area contributed by atoms with Crippen LogP contribution in [0.25, 0.3) is 0 Å². The maximum absolute atomic E-state index is 12.7. The van der Waals surface area contributed by atoms with Gasteiger partial charge in [0.2, 0.25) is 0 Å². The van der Waals surface area contributed by atoms with Gasteiger partial charge in [0, 0.05) is 12.8 Å². The molecule has 0 aliphatic heterocycles. The van der Waals surface area contributed by atoms with Gasteiger partial charge in [0.05, 0.1) is 6.61 Å². The lowest BCUT2D eigenvalue weighted by Crippen LogP contribution is -2.64. The van der Waals surface area contributed by atoms with Gasteiger partial charge in [0.25, 0.3) is 0 Å². The van der Waals surface area contributed by atoms with Crippen LogP contribution in [-0.2, 0) is 32.7 Å². The van der Waals surface area contributed by atoms with Crippen molar-refractivity contribution in [3.63, 3.8) is 0 Å². The summed E-state index contributed by atoms with van der Waals surface area (Å²) >= 11 is 0. The summed E-state index contributed by atoms with van der Waals surface area (Å²) in [5, 5.41) is 49.9. The average Bonchev–Trinajstić information content (AvgIpc) is 3.15. The second-order valence-corrected chi connectivity index (χ2v) is 15.2. The number of hydrogen-bond acceptors (Lipinski definition) is 12. The molecule has 54 heavy (non-hydrogen) atoms. The van der Waals surface area contributed by atoms with E-state index < -0.39 is 75.7 Å². The van der Waals surface area contributed by atoms with Crippen LogP contribution in [0.15, 0.2) is 48.6 Å². The van der Waals surface area contributed by atoms with Gasteiger partial charge in [-0.3, -0.25) is 18.6 Å². The highest BCUT2D eigenvalue weighted by atomic mass is 31.2. The Kier molecular flexibility index (Phi) is 28.6. The van der Waals surface area contributed by atoms with Crippen molar-refractivity contribution in [3.8, 4) is 0 Å². The summed E-state index contributed by atoms with van der Waals surface area (Å²) in [5.41, 5.74) is 0. The number of carbonyl (C=O) groups is 2. The zero-order chi connectivity index (χ0) is 40.0. The summed E-state index contributed by atoms with van der Waals surface area (Å²) in [6, 6.07) is 0. The van der Waals surface area contributed by atoms with Crippen LogP contribution in [0.2, 0.25) is 0 Å². The highest BCUT2D eigenvalue weighted by Crippen LogP contribution is 2.47. The number of hydrogen-bond donors (Lipinski definition) is 6. The first-order valence-corrected chi connectivity index (χ1v) is 21.4. The van der Waals surface area contributed by atoms with E-state index in [2.05, 4.69) is 62.5 Å². The van der Waals surface area contributed by atoms with Gasteiger partial charge in [0.15, 0.2) is 6.10 Å². The molecule has 6 atom stereocenters. The predicted octanol–water partition coefficient (Wildman–Crippen LogP) is 6.44. The van der Waals surface area contributed by atoms with E-state index >= 15 is 0 Å². The number of esters is 2. The lowest BCUT2D eigenvalue weighted by Gasteiger charge is -2.41. The number of phosphoric acid groups is 1. The molecule has 0 spiro atoms. The van der Waals surface area contributed by atoms with E-state index in [0.29, 0.717) is 12.8 Å². The number of aliphatic hydroxyl groups excluding tert-OH is 5. The highest BCUT2D eigenvalue weighted by molar-refractivity contribution is 7.47. The largest absolute Gasteiger partial charge is 0.472 e. The van der Waals surface area contributed by atoms with E-state index in [1.807, 2.05) is 0 Å². The summed E-state index contributed by atoms with van der Waals surface area (Å²) in [7, 11) is -5.11.